The zero-order valence-electron chi connectivity index (χ0n) is 8.33. The van der Waals surface area contributed by atoms with Crippen molar-refractivity contribution in [2.45, 2.75) is 19.2 Å². The third-order valence-electron chi connectivity index (χ3n) is 1.91. The Morgan fingerprint density at radius 3 is 2.53 bits per heavy atom. The Kier molecular flexibility index (Phi) is 4.61. The van der Waals surface area contributed by atoms with Gasteiger partial charge in [0.25, 0.3) is 0 Å². The van der Waals surface area contributed by atoms with Crippen molar-refractivity contribution >= 4 is 11.4 Å². The van der Waals surface area contributed by atoms with Crippen molar-refractivity contribution in [3.05, 3.63) is 35.1 Å². The van der Waals surface area contributed by atoms with Crippen molar-refractivity contribution in [2.24, 2.45) is 0 Å². The molecular formula is C9H8F4O3S. The van der Waals surface area contributed by atoms with Gasteiger partial charge in [0.05, 0.1) is 13.0 Å². The van der Waals surface area contributed by atoms with Crippen LogP contribution in [-0.4, -0.2) is 14.9 Å². The average molecular weight is 272 g/mol. The van der Waals surface area contributed by atoms with Crippen molar-refractivity contribution in [1.29, 1.82) is 0 Å². The van der Waals surface area contributed by atoms with Crippen LogP contribution in [0.1, 0.15) is 11.1 Å². The highest BCUT2D eigenvalue weighted by Crippen LogP contribution is 2.25. The van der Waals surface area contributed by atoms with Crippen molar-refractivity contribution < 1.29 is 30.5 Å². The molecule has 8 heteroatoms. The molecule has 1 unspecified atom stereocenters. The fourth-order valence-electron chi connectivity index (χ4n) is 1.25. The molecule has 1 rings (SSSR count). The molecule has 0 saturated carbocycles. The first-order valence-electron chi connectivity index (χ1n) is 4.37. The summed E-state index contributed by atoms with van der Waals surface area (Å²) in [4.78, 5) is 0. The first-order chi connectivity index (χ1) is 7.79. The Bertz CT molecular complexity index is 419. The minimum absolute atomic E-state index is 0.107. The van der Waals surface area contributed by atoms with Crippen LogP contribution in [0.4, 0.5) is 17.6 Å². The Morgan fingerprint density at radius 2 is 2.00 bits per heavy atom. The highest BCUT2D eigenvalue weighted by atomic mass is 32.2. The lowest BCUT2D eigenvalue weighted by molar-refractivity contribution is -0.127. The van der Waals surface area contributed by atoms with Gasteiger partial charge in [-0.3, -0.25) is 8.74 Å². The monoisotopic (exact) mass is 272 g/mol. The molecule has 0 spiro atoms. The molecule has 0 aliphatic carbocycles. The molecule has 0 saturated heterocycles. The largest absolute Gasteiger partial charge is 0.393 e. The number of rotatable bonds is 4. The molecule has 1 aromatic rings. The van der Waals surface area contributed by atoms with Crippen LogP contribution in [0.25, 0.3) is 0 Å². The maximum atomic E-state index is 13.2. The van der Waals surface area contributed by atoms with E-state index in [2.05, 4.69) is 4.18 Å². The van der Waals surface area contributed by atoms with Crippen LogP contribution in [-0.2, 0) is 28.6 Å². The van der Waals surface area contributed by atoms with Gasteiger partial charge in [-0.05, 0) is 11.6 Å². The second kappa shape index (κ2) is 5.56. The molecule has 0 aliphatic rings. The predicted octanol–water partition coefficient (Wildman–Crippen LogP) is 2.58. The molecule has 1 N–H and O–H groups in total. The van der Waals surface area contributed by atoms with E-state index in [1.54, 1.807) is 0 Å². The normalized spacial score (nSPS) is 13.7. The molecule has 0 aliphatic heterocycles. The molecule has 0 radical (unpaired) electrons. The van der Waals surface area contributed by atoms with Crippen LogP contribution in [0, 0.1) is 5.82 Å². The van der Waals surface area contributed by atoms with E-state index in [1.807, 2.05) is 0 Å². The molecule has 96 valence electrons. The molecule has 0 fully saturated rings. The van der Waals surface area contributed by atoms with Gasteiger partial charge in [-0.15, -0.1) is 0 Å². The topological polar surface area (TPSA) is 46.5 Å². The van der Waals surface area contributed by atoms with E-state index in [4.69, 9.17) is 4.55 Å². The van der Waals surface area contributed by atoms with Gasteiger partial charge in [0.1, 0.15) is 5.82 Å². The number of alkyl halides is 3. The Balaban J connectivity index is 2.96. The minimum Gasteiger partial charge on any atom is -0.284 e. The third-order valence-corrected chi connectivity index (χ3v) is 2.23. The van der Waals surface area contributed by atoms with Crippen LogP contribution in [0.15, 0.2) is 18.2 Å². The summed E-state index contributed by atoms with van der Waals surface area (Å²) in [5.74, 6) is -1.02. The molecule has 0 heterocycles. The van der Waals surface area contributed by atoms with Crippen LogP contribution >= 0.6 is 0 Å². The van der Waals surface area contributed by atoms with Crippen molar-refractivity contribution in [3.63, 3.8) is 0 Å². The third kappa shape index (κ3) is 4.80. The van der Waals surface area contributed by atoms with Crippen LogP contribution < -0.4 is 0 Å². The molecule has 0 bridgehead atoms. The Morgan fingerprint density at radius 1 is 1.35 bits per heavy atom. The maximum absolute atomic E-state index is 13.2. The van der Waals surface area contributed by atoms with Crippen LogP contribution in [0.5, 0.6) is 0 Å². The van der Waals surface area contributed by atoms with Crippen molar-refractivity contribution in [1.82, 2.24) is 0 Å². The summed E-state index contributed by atoms with van der Waals surface area (Å²) in [6.07, 6.45) is -6.01. The minimum atomic E-state index is -4.56. The summed E-state index contributed by atoms with van der Waals surface area (Å²) in [7, 11) is 0. The quantitative estimate of drug-likeness (QED) is 0.677. The molecule has 0 aromatic heterocycles. The van der Waals surface area contributed by atoms with Gasteiger partial charge in [0.15, 0.2) is 0 Å². The summed E-state index contributed by atoms with van der Waals surface area (Å²) in [5, 5.41) is 0. The second-order valence-corrected chi connectivity index (χ2v) is 3.82. The fraction of sp³-hybridized carbons (Fsp3) is 0.333. The van der Waals surface area contributed by atoms with E-state index in [9.17, 15) is 21.8 Å². The van der Waals surface area contributed by atoms with Crippen LogP contribution in [0.3, 0.4) is 0 Å². The summed E-state index contributed by atoms with van der Waals surface area (Å²) in [5.41, 5.74) is -0.685. The van der Waals surface area contributed by atoms with Gasteiger partial charge in [0.2, 0.25) is 0 Å². The highest BCUT2D eigenvalue weighted by molar-refractivity contribution is 7.74. The van der Waals surface area contributed by atoms with E-state index >= 15 is 0 Å². The van der Waals surface area contributed by atoms with Crippen molar-refractivity contribution in [2.75, 3.05) is 0 Å². The Hall–Kier alpha value is -0.990. The van der Waals surface area contributed by atoms with Gasteiger partial charge in [0, 0.05) is 5.56 Å². The molecule has 3 nitrogen and oxygen atoms in total. The van der Waals surface area contributed by atoms with E-state index in [1.165, 1.54) is 12.1 Å². The second-order valence-electron chi connectivity index (χ2n) is 3.15. The first-order valence-corrected chi connectivity index (χ1v) is 5.40. The number of benzene rings is 1. The van der Waals surface area contributed by atoms with E-state index in [0.717, 1.165) is 6.07 Å². The summed E-state index contributed by atoms with van der Waals surface area (Å²) in [6.45, 7) is -0.563. The van der Waals surface area contributed by atoms with Crippen LogP contribution in [0.2, 0.25) is 0 Å². The Labute approximate surface area is 96.9 Å². The lowest BCUT2D eigenvalue weighted by atomic mass is 10.0. The molecular weight excluding hydrogens is 264 g/mol. The summed E-state index contributed by atoms with van der Waals surface area (Å²) in [6, 6.07) is 3.30. The van der Waals surface area contributed by atoms with Crippen molar-refractivity contribution in [3.8, 4) is 0 Å². The first kappa shape index (κ1) is 14.1. The van der Waals surface area contributed by atoms with Gasteiger partial charge in [-0.2, -0.15) is 17.4 Å². The zero-order valence-corrected chi connectivity index (χ0v) is 9.15. The number of hydrogen-bond donors (Lipinski definition) is 1. The maximum Gasteiger partial charge on any atom is 0.393 e. The van der Waals surface area contributed by atoms with Gasteiger partial charge in [-0.25, -0.2) is 4.39 Å². The van der Waals surface area contributed by atoms with Gasteiger partial charge < -0.3 is 0 Å². The predicted molar refractivity (Wildman–Crippen MR) is 51.7 cm³/mol. The standard InChI is InChI=1S/C9H8F4O3S/c10-8-3-1-2-6(5-16-17(14)15)7(8)4-9(11,12)13/h1-3H,4-5H2,(H,14,15). The zero-order chi connectivity index (χ0) is 13.1. The molecule has 17 heavy (non-hydrogen) atoms. The van der Waals surface area contributed by atoms with Gasteiger partial charge >= 0.3 is 17.5 Å². The molecule has 0 amide bonds. The average Bonchev–Trinajstić information content (AvgIpc) is 2.17. The van der Waals surface area contributed by atoms with E-state index in [0.29, 0.717) is 0 Å². The smallest absolute Gasteiger partial charge is 0.284 e. The fourth-order valence-corrected chi connectivity index (χ4v) is 1.48. The lowest BCUT2D eigenvalue weighted by Crippen LogP contribution is -2.15. The summed E-state index contributed by atoms with van der Waals surface area (Å²) < 4.78 is 72.6. The van der Waals surface area contributed by atoms with Gasteiger partial charge in [-0.1, -0.05) is 12.1 Å². The lowest BCUT2D eigenvalue weighted by Gasteiger charge is -2.12. The van der Waals surface area contributed by atoms with E-state index in [-0.39, 0.29) is 5.56 Å². The van der Waals surface area contributed by atoms with E-state index < -0.39 is 41.9 Å². The summed E-state index contributed by atoms with van der Waals surface area (Å²) >= 11 is -2.61. The highest BCUT2D eigenvalue weighted by Gasteiger charge is 2.30. The molecule has 1 atom stereocenters. The SMILES string of the molecule is O=S(O)OCc1cccc(F)c1CC(F)(F)F. The number of hydrogen-bond acceptors (Lipinski definition) is 2. The number of halogens is 4. The molecule has 1 aromatic carbocycles.